The normalized spacial score (nSPS) is 10.2. The van der Waals surface area contributed by atoms with Gasteiger partial charge in [0.05, 0.1) is 12.1 Å². The summed E-state index contributed by atoms with van der Waals surface area (Å²) in [6.07, 6.45) is 4.44. The van der Waals surface area contributed by atoms with Crippen LogP contribution in [0.5, 0.6) is 0 Å². The highest BCUT2D eigenvalue weighted by Gasteiger charge is 1.98. The number of nitrogens with zero attached hydrogens (tertiary/aromatic N) is 1. The Labute approximate surface area is 92.8 Å². The molecule has 0 aliphatic carbocycles. The highest BCUT2D eigenvalue weighted by atomic mass is 16.4. The van der Waals surface area contributed by atoms with Gasteiger partial charge in [0.1, 0.15) is 0 Å². The number of pyridine rings is 1. The van der Waals surface area contributed by atoms with Crippen LogP contribution in [-0.4, -0.2) is 28.5 Å². The van der Waals surface area contributed by atoms with Crippen molar-refractivity contribution < 1.29 is 14.7 Å². The van der Waals surface area contributed by atoms with Crippen LogP contribution in [0.15, 0.2) is 30.5 Å². The fourth-order valence-corrected chi connectivity index (χ4v) is 0.987. The predicted molar refractivity (Wildman–Crippen MR) is 58.5 cm³/mol. The predicted octanol–water partition coefficient (Wildman–Crippen LogP) is 0.686. The molecule has 16 heavy (non-hydrogen) atoms. The first-order valence-corrected chi connectivity index (χ1v) is 4.77. The Hall–Kier alpha value is -2.17. The number of aromatic nitrogens is 1. The van der Waals surface area contributed by atoms with Gasteiger partial charge in [-0.25, -0.2) is 0 Å². The number of hydrogen-bond donors (Lipinski definition) is 2. The summed E-state index contributed by atoms with van der Waals surface area (Å²) in [4.78, 5) is 25.4. The largest absolute Gasteiger partial charge is 0.481 e. The lowest BCUT2D eigenvalue weighted by Crippen LogP contribution is -2.23. The van der Waals surface area contributed by atoms with E-state index in [1.54, 1.807) is 24.4 Å². The van der Waals surface area contributed by atoms with Crippen LogP contribution < -0.4 is 5.32 Å². The van der Waals surface area contributed by atoms with Crippen molar-refractivity contribution in [1.29, 1.82) is 0 Å². The zero-order valence-corrected chi connectivity index (χ0v) is 8.59. The summed E-state index contributed by atoms with van der Waals surface area (Å²) in [5, 5.41) is 10.8. The summed E-state index contributed by atoms with van der Waals surface area (Å²) in [5.74, 6) is -1.26. The summed E-state index contributed by atoms with van der Waals surface area (Å²) in [6, 6.07) is 5.36. The molecule has 1 aromatic rings. The Morgan fingerprint density at radius 2 is 2.25 bits per heavy atom. The minimum Gasteiger partial charge on any atom is -0.481 e. The van der Waals surface area contributed by atoms with E-state index in [4.69, 9.17) is 5.11 Å². The lowest BCUT2D eigenvalue weighted by atomic mass is 10.3. The maximum absolute atomic E-state index is 11.2. The molecule has 0 bridgehead atoms. The molecule has 0 fully saturated rings. The molecule has 0 aromatic carbocycles. The Kier molecular flexibility index (Phi) is 4.72. The third kappa shape index (κ3) is 4.90. The highest BCUT2D eigenvalue weighted by molar-refractivity contribution is 5.91. The smallest absolute Gasteiger partial charge is 0.305 e. The van der Waals surface area contributed by atoms with E-state index >= 15 is 0 Å². The monoisotopic (exact) mass is 220 g/mol. The van der Waals surface area contributed by atoms with Gasteiger partial charge in [-0.3, -0.25) is 14.6 Å². The third-order valence-electron chi connectivity index (χ3n) is 1.73. The van der Waals surface area contributed by atoms with Crippen molar-refractivity contribution in [2.75, 3.05) is 6.54 Å². The second-order valence-electron chi connectivity index (χ2n) is 3.02. The molecule has 0 saturated heterocycles. The molecule has 0 atom stereocenters. The molecule has 84 valence electrons. The topological polar surface area (TPSA) is 79.3 Å². The van der Waals surface area contributed by atoms with Gasteiger partial charge >= 0.3 is 5.97 Å². The van der Waals surface area contributed by atoms with Gasteiger partial charge in [0.15, 0.2) is 0 Å². The van der Waals surface area contributed by atoms with Crippen LogP contribution in [0, 0.1) is 0 Å². The number of carbonyl (C=O) groups excluding carboxylic acids is 1. The number of aliphatic carboxylic acids is 1. The van der Waals surface area contributed by atoms with Crippen molar-refractivity contribution in [2.45, 2.75) is 6.42 Å². The SMILES string of the molecule is O=C(O)CCNC(=O)/C=C/c1ccccn1. The minimum atomic E-state index is -0.936. The van der Waals surface area contributed by atoms with Crippen LogP contribution in [0.4, 0.5) is 0 Å². The van der Waals surface area contributed by atoms with Crippen molar-refractivity contribution in [1.82, 2.24) is 10.3 Å². The molecule has 1 aromatic heterocycles. The number of rotatable bonds is 5. The van der Waals surface area contributed by atoms with E-state index in [0.717, 1.165) is 0 Å². The molecule has 1 rings (SSSR count). The van der Waals surface area contributed by atoms with Crippen LogP contribution in [0.3, 0.4) is 0 Å². The maximum atomic E-state index is 11.2. The standard InChI is InChI=1S/C11H12N2O3/c14-10(13-8-6-11(15)16)5-4-9-3-1-2-7-12-9/h1-5,7H,6,8H2,(H,13,14)(H,15,16)/b5-4+. The number of carboxylic acid groups (broad SMARTS) is 1. The molecule has 0 unspecified atom stereocenters. The second kappa shape index (κ2) is 6.34. The summed E-state index contributed by atoms with van der Waals surface area (Å²) < 4.78 is 0. The number of hydrogen-bond acceptors (Lipinski definition) is 3. The van der Waals surface area contributed by atoms with Crippen molar-refractivity contribution >= 4 is 18.0 Å². The van der Waals surface area contributed by atoms with E-state index in [1.807, 2.05) is 6.07 Å². The number of carbonyl (C=O) groups is 2. The van der Waals surface area contributed by atoms with E-state index in [9.17, 15) is 9.59 Å². The van der Waals surface area contributed by atoms with Gasteiger partial charge in [-0.15, -0.1) is 0 Å². The van der Waals surface area contributed by atoms with Gasteiger partial charge in [-0.05, 0) is 18.2 Å². The summed E-state index contributed by atoms with van der Waals surface area (Å²) in [7, 11) is 0. The summed E-state index contributed by atoms with van der Waals surface area (Å²) in [6.45, 7) is 0.126. The molecular weight excluding hydrogens is 208 g/mol. The quantitative estimate of drug-likeness (QED) is 0.715. The van der Waals surface area contributed by atoms with E-state index in [0.29, 0.717) is 5.69 Å². The Bertz CT molecular complexity index is 387. The van der Waals surface area contributed by atoms with E-state index in [1.165, 1.54) is 6.08 Å². The first kappa shape index (κ1) is 11.9. The van der Waals surface area contributed by atoms with Crippen LogP contribution in [-0.2, 0) is 9.59 Å². The first-order valence-electron chi connectivity index (χ1n) is 4.77. The molecule has 2 N–H and O–H groups in total. The zero-order chi connectivity index (χ0) is 11.8. The number of amides is 1. The van der Waals surface area contributed by atoms with Crippen LogP contribution >= 0.6 is 0 Å². The van der Waals surface area contributed by atoms with Gasteiger partial charge in [-0.2, -0.15) is 0 Å². The maximum Gasteiger partial charge on any atom is 0.305 e. The first-order chi connectivity index (χ1) is 7.68. The molecule has 0 radical (unpaired) electrons. The molecule has 5 heteroatoms. The van der Waals surface area contributed by atoms with Crippen molar-refractivity contribution in [3.05, 3.63) is 36.2 Å². The third-order valence-corrected chi connectivity index (χ3v) is 1.73. The molecule has 1 heterocycles. The molecule has 0 saturated carbocycles. The van der Waals surface area contributed by atoms with Crippen LogP contribution in [0.2, 0.25) is 0 Å². The molecule has 0 spiro atoms. The molecule has 1 amide bonds. The lowest BCUT2D eigenvalue weighted by Gasteiger charge is -1.97. The van der Waals surface area contributed by atoms with Gasteiger partial charge < -0.3 is 10.4 Å². The van der Waals surface area contributed by atoms with Gasteiger partial charge in [0.25, 0.3) is 0 Å². The van der Waals surface area contributed by atoms with Crippen molar-refractivity contribution in [3.8, 4) is 0 Å². The average molecular weight is 220 g/mol. The van der Waals surface area contributed by atoms with E-state index < -0.39 is 5.97 Å². The fourth-order valence-electron chi connectivity index (χ4n) is 0.987. The van der Waals surface area contributed by atoms with E-state index in [-0.39, 0.29) is 18.9 Å². The van der Waals surface area contributed by atoms with Crippen LogP contribution in [0.1, 0.15) is 12.1 Å². The van der Waals surface area contributed by atoms with Crippen LogP contribution in [0.25, 0.3) is 6.08 Å². The molecular formula is C11H12N2O3. The summed E-state index contributed by atoms with van der Waals surface area (Å²) >= 11 is 0. The Morgan fingerprint density at radius 3 is 2.88 bits per heavy atom. The van der Waals surface area contributed by atoms with Crippen molar-refractivity contribution in [2.24, 2.45) is 0 Å². The fraction of sp³-hybridized carbons (Fsp3) is 0.182. The van der Waals surface area contributed by atoms with Gasteiger partial charge in [0, 0.05) is 18.8 Å². The number of carboxylic acids is 1. The average Bonchev–Trinajstić information content (AvgIpc) is 2.27. The zero-order valence-electron chi connectivity index (χ0n) is 8.59. The molecule has 0 aliphatic rings. The number of nitrogens with one attached hydrogen (secondary N) is 1. The minimum absolute atomic E-state index is 0.0802. The van der Waals surface area contributed by atoms with Gasteiger partial charge in [-0.1, -0.05) is 6.07 Å². The second-order valence-corrected chi connectivity index (χ2v) is 3.02. The molecule has 0 aliphatic heterocycles. The highest BCUT2D eigenvalue weighted by Crippen LogP contribution is 1.95. The van der Waals surface area contributed by atoms with Gasteiger partial charge in [0.2, 0.25) is 5.91 Å². The van der Waals surface area contributed by atoms with E-state index in [2.05, 4.69) is 10.3 Å². The lowest BCUT2D eigenvalue weighted by molar-refractivity contribution is -0.136. The summed E-state index contributed by atoms with van der Waals surface area (Å²) in [5.41, 5.74) is 0.677. The molecule has 5 nitrogen and oxygen atoms in total. The Morgan fingerprint density at radius 1 is 1.44 bits per heavy atom. The Balaban J connectivity index is 2.34. The van der Waals surface area contributed by atoms with Crippen molar-refractivity contribution in [3.63, 3.8) is 0 Å².